The molecule has 2 nitrogen and oxygen atoms in total. The third-order valence-electron chi connectivity index (χ3n) is 3.96. The number of fused-ring (bicyclic) bond motifs is 1. The number of nitrogens with one attached hydrogen (secondary N) is 1. The van der Waals surface area contributed by atoms with Gasteiger partial charge in [0.1, 0.15) is 0 Å². The van der Waals surface area contributed by atoms with Gasteiger partial charge < -0.3 is 5.32 Å². The third-order valence-corrected chi connectivity index (χ3v) is 5.00. The summed E-state index contributed by atoms with van der Waals surface area (Å²) in [4.78, 5) is 4.81. The Balaban J connectivity index is 1.85. The van der Waals surface area contributed by atoms with Gasteiger partial charge in [-0.05, 0) is 43.9 Å². The predicted octanol–water partition coefficient (Wildman–Crippen LogP) is 4.01. The Morgan fingerprint density at radius 1 is 1.37 bits per heavy atom. The maximum Gasteiger partial charge on any atom is 0.0957 e. The van der Waals surface area contributed by atoms with Gasteiger partial charge in [-0.25, -0.2) is 4.98 Å². The summed E-state index contributed by atoms with van der Waals surface area (Å²) in [5, 5.41) is 5.05. The Morgan fingerprint density at radius 3 is 2.89 bits per heavy atom. The van der Waals surface area contributed by atoms with E-state index in [2.05, 4.69) is 43.4 Å². The van der Waals surface area contributed by atoms with Crippen molar-refractivity contribution in [2.45, 2.75) is 45.1 Å². The molecule has 1 fully saturated rings. The molecule has 1 aliphatic rings. The van der Waals surface area contributed by atoms with Gasteiger partial charge in [0.05, 0.1) is 15.2 Å². The molecular weight excluding hydrogens is 252 g/mol. The number of aromatic nitrogens is 1. The molecule has 19 heavy (non-hydrogen) atoms. The SMILES string of the molecule is CC(C)CC1(Cc2nc3ccccc3s2)CCCN1. The van der Waals surface area contributed by atoms with E-state index in [1.54, 1.807) is 0 Å². The Hall–Kier alpha value is -0.930. The van der Waals surface area contributed by atoms with Crippen LogP contribution < -0.4 is 5.32 Å². The standard InChI is InChI=1S/C16H22N2S/c1-12(2)10-16(8-5-9-17-16)11-15-18-13-6-3-4-7-14(13)19-15/h3-4,6-7,12,17H,5,8-11H2,1-2H3. The van der Waals surface area contributed by atoms with E-state index in [0.717, 1.165) is 24.4 Å². The van der Waals surface area contributed by atoms with Gasteiger partial charge in [0, 0.05) is 12.0 Å². The quantitative estimate of drug-likeness (QED) is 0.911. The number of hydrogen-bond donors (Lipinski definition) is 1. The monoisotopic (exact) mass is 274 g/mol. The molecule has 2 aromatic rings. The minimum absolute atomic E-state index is 0.294. The Kier molecular flexibility index (Phi) is 3.59. The first-order valence-corrected chi connectivity index (χ1v) is 8.08. The van der Waals surface area contributed by atoms with E-state index >= 15 is 0 Å². The van der Waals surface area contributed by atoms with Crippen LogP contribution in [0.4, 0.5) is 0 Å². The van der Waals surface area contributed by atoms with Crippen molar-refractivity contribution in [3.8, 4) is 0 Å². The van der Waals surface area contributed by atoms with Crippen LogP contribution in [0.25, 0.3) is 10.2 Å². The van der Waals surface area contributed by atoms with Crippen LogP contribution in [0.1, 0.15) is 38.1 Å². The number of benzene rings is 1. The molecule has 0 amide bonds. The van der Waals surface area contributed by atoms with Gasteiger partial charge in [0.25, 0.3) is 0 Å². The Bertz CT molecular complexity index is 520. The highest BCUT2D eigenvalue weighted by molar-refractivity contribution is 7.18. The summed E-state index contributed by atoms with van der Waals surface area (Å²) < 4.78 is 1.31. The van der Waals surface area contributed by atoms with Crippen molar-refractivity contribution in [2.24, 2.45) is 5.92 Å². The molecule has 1 N–H and O–H groups in total. The van der Waals surface area contributed by atoms with Crippen molar-refractivity contribution in [3.63, 3.8) is 0 Å². The summed E-state index contributed by atoms with van der Waals surface area (Å²) in [6, 6.07) is 8.46. The van der Waals surface area contributed by atoms with E-state index < -0.39 is 0 Å². The van der Waals surface area contributed by atoms with Crippen molar-refractivity contribution in [1.29, 1.82) is 0 Å². The average molecular weight is 274 g/mol. The number of nitrogens with zero attached hydrogens (tertiary/aromatic N) is 1. The van der Waals surface area contributed by atoms with Gasteiger partial charge in [0.2, 0.25) is 0 Å². The van der Waals surface area contributed by atoms with Gasteiger partial charge in [0.15, 0.2) is 0 Å². The molecular formula is C16H22N2S. The highest BCUT2D eigenvalue weighted by Crippen LogP contribution is 2.33. The summed E-state index contributed by atoms with van der Waals surface area (Å²) in [5.41, 5.74) is 1.45. The summed E-state index contributed by atoms with van der Waals surface area (Å²) in [7, 11) is 0. The molecule has 1 aliphatic heterocycles. The van der Waals surface area contributed by atoms with Gasteiger partial charge in [-0.3, -0.25) is 0 Å². The Labute approximate surface area is 119 Å². The second-order valence-electron chi connectivity index (χ2n) is 6.16. The molecule has 1 atom stereocenters. The lowest BCUT2D eigenvalue weighted by Crippen LogP contribution is -2.43. The zero-order valence-electron chi connectivity index (χ0n) is 11.8. The molecule has 2 heterocycles. The molecule has 0 bridgehead atoms. The molecule has 3 rings (SSSR count). The van der Waals surface area contributed by atoms with Gasteiger partial charge in [-0.2, -0.15) is 0 Å². The first kappa shape index (κ1) is 13.1. The zero-order valence-corrected chi connectivity index (χ0v) is 12.6. The van der Waals surface area contributed by atoms with Crippen molar-refractivity contribution in [1.82, 2.24) is 10.3 Å². The van der Waals surface area contributed by atoms with Gasteiger partial charge >= 0.3 is 0 Å². The smallest absolute Gasteiger partial charge is 0.0957 e. The highest BCUT2D eigenvalue weighted by Gasteiger charge is 2.34. The van der Waals surface area contributed by atoms with Gasteiger partial charge in [-0.15, -0.1) is 11.3 Å². The summed E-state index contributed by atoms with van der Waals surface area (Å²) >= 11 is 1.86. The van der Waals surface area contributed by atoms with Crippen LogP contribution in [0, 0.1) is 5.92 Å². The highest BCUT2D eigenvalue weighted by atomic mass is 32.1. The lowest BCUT2D eigenvalue weighted by atomic mass is 9.85. The predicted molar refractivity (Wildman–Crippen MR) is 82.7 cm³/mol. The van der Waals surface area contributed by atoms with Crippen LogP contribution in [0.2, 0.25) is 0 Å². The first-order chi connectivity index (χ1) is 9.17. The van der Waals surface area contributed by atoms with E-state index in [0.29, 0.717) is 5.54 Å². The zero-order chi connectivity index (χ0) is 13.3. The minimum atomic E-state index is 0.294. The number of para-hydroxylation sites is 1. The molecule has 0 radical (unpaired) electrons. The van der Waals surface area contributed by atoms with Crippen LogP contribution in [-0.2, 0) is 6.42 Å². The molecule has 0 spiro atoms. The van der Waals surface area contributed by atoms with E-state index in [9.17, 15) is 0 Å². The second-order valence-corrected chi connectivity index (χ2v) is 7.28. The largest absolute Gasteiger partial charge is 0.311 e. The fourth-order valence-corrected chi connectivity index (χ4v) is 4.44. The number of hydrogen-bond acceptors (Lipinski definition) is 3. The van der Waals surface area contributed by atoms with Crippen LogP contribution in [0.5, 0.6) is 0 Å². The molecule has 102 valence electrons. The van der Waals surface area contributed by atoms with E-state index in [4.69, 9.17) is 4.98 Å². The van der Waals surface area contributed by atoms with Crippen LogP contribution in [-0.4, -0.2) is 17.1 Å². The second kappa shape index (κ2) is 5.22. The van der Waals surface area contributed by atoms with Crippen LogP contribution >= 0.6 is 11.3 Å². The van der Waals surface area contributed by atoms with Crippen LogP contribution in [0.15, 0.2) is 24.3 Å². The normalized spacial score (nSPS) is 23.5. The lowest BCUT2D eigenvalue weighted by Gasteiger charge is -2.30. The number of rotatable bonds is 4. The lowest BCUT2D eigenvalue weighted by molar-refractivity contribution is 0.301. The summed E-state index contributed by atoms with van der Waals surface area (Å²) in [5.74, 6) is 0.736. The maximum absolute atomic E-state index is 4.81. The fraction of sp³-hybridized carbons (Fsp3) is 0.562. The Morgan fingerprint density at radius 2 is 2.21 bits per heavy atom. The van der Waals surface area contributed by atoms with Crippen molar-refractivity contribution in [2.75, 3.05) is 6.54 Å². The van der Waals surface area contributed by atoms with E-state index in [1.807, 2.05) is 11.3 Å². The molecule has 1 unspecified atom stereocenters. The third kappa shape index (κ3) is 2.82. The first-order valence-electron chi connectivity index (χ1n) is 7.26. The fourth-order valence-electron chi connectivity index (χ4n) is 3.33. The molecule has 0 saturated carbocycles. The summed E-state index contributed by atoms with van der Waals surface area (Å²) in [6.07, 6.45) is 4.94. The molecule has 0 aliphatic carbocycles. The van der Waals surface area contributed by atoms with Gasteiger partial charge in [-0.1, -0.05) is 26.0 Å². The molecule has 3 heteroatoms. The minimum Gasteiger partial charge on any atom is -0.311 e. The van der Waals surface area contributed by atoms with E-state index in [-0.39, 0.29) is 0 Å². The van der Waals surface area contributed by atoms with Crippen LogP contribution in [0.3, 0.4) is 0 Å². The molecule has 1 aromatic carbocycles. The topological polar surface area (TPSA) is 24.9 Å². The van der Waals surface area contributed by atoms with Crippen molar-refractivity contribution < 1.29 is 0 Å². The van der Waals surface area contributed by atoms with E-state index in [1.165, 1.54) is 29.0 Å². The van der Waals surface area contributed by atoms with Crippen molar-refractivity contribution >= 4 is 21.6 Å². The van der Waals surface area contributed by atoms with Crippen molar-refractivity contribution in [3.05, 3.63) is 29.3 Å². The molecule has 1 aromatic heterocycles. The maximum atomic E-state index is 4.81. The summed E-state index contributed by atoms with van der Waals surface area (Å²) in [6.45, 7) is 5.80. The molecule has 1 saturated heterocycles. The number of thiazole rings is 1. The average Bonchev–Trinajstić information content (AvgIpc) is 2.94.